The highest BCUT2D eigenvalue weighted by molar-refractivity contribution is 5.77. The van der Waals surface area contributed by atoms with Gasteiger partial charge in [-0.25, -0.2) is 0 Å². The Hall–Kier alpha value is -1.11. The van der Waals surface area contributed by atoms with Crippen LogP contribution in [0.3, 0.4) is 0 Å². The number of aliphatic hydroxyl groups excluding tert-OH is 2. The molecule has 0 radical (unpaired) electrons. The molecule has 0 bridgehead atoms. The Morgan fingerprint density at radius 1 is 1.47 bits per heavy atom. The van der Waals surface area contributed by atoms with Gasteiger partial charge in [0.25, 0.3) is 0 Å². The molecule has 6 heteroatoms. The van der Waals surface area contributed by atoms with Gasteiger partial charge in [0, 0.05) is 6.54 Å². The highest BCUT2D eigenvalue weighted by atomic mass is 16.5. The Morgan fingerprint density at radius 3 is 2.59 bits per heavy atom. The fourth-order valence-corrected chi connectivity index (χ4v) is 1.11. The summed E-state index contributed by atoms with van der Waals surface area (Å²) in [5.74, 6) is -0.587. The van der Waals surface area contributed by atoms with Crippen molar-refractivity contribution in [1.29, 1.82) is 0 Å². The zero-order valence-electron chi connectivity index (χ0n) is 10.1. The second-order valence-electron chi connectivity index (χ2n) is 3.56. The maximum Gasteiger partial charge on any atom is 0.316 e. The SMILES string of the molecule is C=COCNCCOC(=O)C(CC)(CO)CO. The molecule has 6 nitrogen and oxygen atoms in total. The van der Waals surface area contributed by atoms with E-state index in [0.717, 1.165) is 0 Å². The van der Waals surface area contributed by atoms with Gasteiger partial charge in [0.15, 0.2) is 0 Å². The van der Waals surface area contributed by atoms with Crippen LogP contribution in [0.15, 0.2) is 12.8 Å². The largest absolute Gasteiger partial charge is 0.487 e. The average Bonchev–Trinajstić information content (AvgIpc) is 2.36. The molecule has 0 rings (SSSR count). The van der Waals surface area contributed by atoms with Gasteiger partial charge in [0.2, 0.25) is 0 Å². The summed E-state index contributed by atoms with van der Waals surface area (Å²) < 4.78 is 9.76. The lowest BCUT2D eigenvalue weighted by Gasteiger charge is -2.25. The van der Waals surface area contributed by atoms with Crippen molar-refractivity contribution in [2.45, 2.75) is 13.3 Å². The van der Waals surface area contributed by atoms with E-state index in [1.807, 2.05) is 0 Å². The van der Waals surface area contributed by atoms with E-state index in [4.69, 9.17) is 19.7 Å². The minimum Gasteiger partial charge on any atom is -0.487 e. The summed E-state index contributed by atoms with van der Waals surface area (Å²) in [5, 5.41) is 21.1. The Balaban J connectivity index is 3.87. The minimum atomic E-state index is -1.20. The first-order valence-corrected chi connectivity index (χ1v) is 5.49. The summed E-state index contributed by atoms with van der Waals surface area (Å²) in [7, 11) is 0. The molecule has 0 fully saturated rings. The number of aliphatic hydroxyl groups is 2. The first-order chi connectivity index (χ1) is 8.16. The van der Waals surface area contributed by atoms with E-state index in [2.05, 4.69) is 11.9 Å². The van der Waals surface area contributed by atoms with Crippen LogP contribution in [0.25, 0.3) is 0 Å². The number of rotatable bonds is 10. The Kier molecular flexibility index (Phi) is 8.39. The number of carbonyl (C=O) groups excluding carboxylic acids is 1. The molecule has 0 spiro atoms. The van der Waals surface area contributed by atoms with E-state index in [9.17, 15) is 4.79 Å². The van der Waals surface area contributed by atoms with Gasteiger partial charge in [0.05, 0.1) is 19.5 Å². The van der Waals surface area contributed by atoms with E-state index < -0.39 is 24.6 Å². The van der Waals surface area contributed by atoms with E-state index >= 15 is 0 Å². The molecule has 0 aromatic heterocycles. The smallest absolute Gasteiger partial charge is 0.316 e. The molecule has 0 saturated carbocycles. The van der Waals surface area contributed by atoms with Crippen molar-refractivity contribution in [2.24, 2.45) is 5.41 Å². The van der Waals surface area contributed by atoms with Gasteiger partial charge < -0.3 is 19.7 Å². The zero-order chi connectivity index (χ0) is 13.1. The number of nitrogens with one attached hydrogen (secondary N) is 1. The highest BCUT2D eigenvalue weighted by Gasteiger charge is 2.37. The fourth-order valence-electron chi connectivity index (χ4n) is 1.11. The first-order valence-electron chi connectivity index (χ1n) is 5.49. The molecule has 0 aromatic carbocycles. The van der Waals surface area contributed by atoms with Gasteiger partial charge in [0.1, 0.15) is 18.8 Å². The van der Waals surface area contributed by atoms with Crippen LogP contribution in [0.1, 0.15) is 13.3 Å². The van der Waals surface area contributed by atoms with Crippen LogP contribution in [0.4, 0.5) is 0 Å². The molecule has 3 N–H and O–H groups in total. The van der Waals surface area contributed by atoms with Gasteiger partial charge in [-0.05, 0) is 6.42 Å². The number of hydrogen-bond acceptors (Lipinski definition) is 6. The second-order valence-corrected chi connectivity index (χ2v) is 3.56. The average molecular weight is 247 g/mol. The monoisotopic (exact) mass is 247 g/mol. The van der Waals surface area contributed by atoms with Gasteiger partial charge in [-0.15, -0.1) is 0 Å². The standard InChI is InChI=1S/C11H21NO5/c1-3-11(7-13,8-14)10(15)17-6-5-12-9-16-4-2/h4,12-14H,2-3,5-9H2,1H3. The number of hydrogen-bond donors (Lipinski definition) is 3. The van der Waals surface area contributed by atoms with Gasteiger partial charge >= 0.3 is 5.97 Å². The number of esters is 1. The number of ether oxygens (including phenoxy) is 2. The van der Waals surface area contributed by atoms with Crippen molar-refractivity contribution in [3.05, 3.63) is 12.8 Å². The van der Waals surface area contributed by atoms with Crippen molar-refractivity contribution >= 4 is 5.97 Å². The molecule has 0 saturated heterocycles. The quantitative estimate of drug-likeness (QED) is 0.211. The van der Waals surface area contributed by atoms with Gasteiger partial charge in [-0.2, -0.15) is 0 Å². The van der Waals surface area contributed by atoms with E-state index in [1.165, 1.54) is 6.26 Å². The summed E-state index contributed by atoms with van der Waals surface area (Å²) in [6.07, 6.45) is 1.63. The third-order valence-corrected chi connectivity index (χ3v) is 2.53. The Bertz CT molecular complexity index is 220. The zero-order valence-corrected chi connectivity index (χ0v) is 10.1. The molecule has 0 aliphatic rings. The van der Waals surface area contributed by atoms with Crippen molar-refractivity contribution in [3.8, 4) is 0 Å². The predicted octanol–water partition coefficient (Wildman–Crippen LogP) is -0.382. The molecule has 0 unspecified atom stereocenters. The van der Waals surface area contributed by atoms with Gasteiger partial charge in [-0.3, -0.25) is 10.1 Å². The Morgan fingerprint density at radius 2 is 2.12 bits per heavy atom. The van der Waals surface area contributed by atoms with Crippen molar-refractivity contribution in [3.63, 3.8) is 0 Å². The summed E-state index contributed by atoms with van der Waals surface area (Å²) in [5.41, 5.74) is -1.20. The van der Waals surface area contributed by atoms with Crippen LogP contribution >= 0.6 is 0 Å². The summed E-state index contributed by atoms with van der Waals surface area (Å²) in [4.78, 5) is 11.6. The fraction of sp³-hybridized carbons (Fsp3) is 0.727. The molecule has 0 atom stereocenters. The van der Waals surface area contributed by atoms with Crippen molar-refractivity contribution in [1.82, 2.24) is 5.32 Å². The maximum atomic E-state index is 11.6. The minimum absolute atomic E-state index is 0.154. The third kappa shape index (κ3) is 5.16. The van der Waals surface area contributed by atoms with Crippen LogP contribution < -0.4 is 5.32 Å². The van der Waals surface area contributed by atoms with Gasteiger partial charge in [-0.1, -0.05) is 13.5 Å². The van der Waals surface area contributed by atoms with E-state index in [-0.39, 0.29) is 6.61 Å². The van der Waals surface area contributed by atoms with E-state index in [0.29, 0.717) is 19.7 Å². The van der Waals surface area contributed by atoms with Crippen LogP contribution in [0.5, 0.6) is 0 Å². The van der Waals surface area contributed by atoms with Crippen LogP contribution in [0.2, 0.25) is 0 Å². The third-order valence-electron chi connectivity index (χ3n) is 2.53. The molecular formula is C11H21NO5. The highest BCUT2D eigenvalue weighted by Crippen LogP contribution is 2.22. The summed E-state index contributed by atoms with van der Waals surface area (Å²) >= 11 is 0. The van der Waals surface area contributed by atoms with Crippen molar-refractivity contribution in [2.75, 3.05) is 33.1 Å². The molecule has 0 aliphatic carbocycles. The van der Waals surface area contributed by atoms with Crippen LogP contribution in [-0.4, -0.2) is 49.3 Å². The molecule has 0 aliphatic heterocycles. The van der Waals surface area contributed by atoms with E-state index in [1.54, 1.807) is 6.92 Å². The summed E-state index contributed by atoms with van der Waals surface area (Å²) in [6, 6.07) is 0. The predicted molar refractivity (Wildman–Crippen MR) is 62.0 cm³/mol. The lowest BCUT2D eigenvalue weighted by atomic mass is 9.87. The molecule has 0 aromatic rings. The molecule has 0 amide bonds. The molecular weight excluding hydrogens is 226 g/mol. The normalized spacial score (nSPS) is 11.0. The van der Waals surface area contributed by atoms with Crippen LogP contribution in [-0.2, 0) is 14.3 Å². The Labute approximate surface area is 101 Å². The molecule has 17 heavy (non-hydrogen) atoms. The van der Waals surface area contributed by atoms with Crippen molar-refractivity contribution < 1.29 is 24.5 Å². The molecule has 100 valence electrons. The lowest BCUT2D eigenvalue weighted by Crippen LogP contribution is -2.40. The number of carbonyl (C=O) groups is 1. The summed E-state index contributed by atoms with van der Waals surface area (Å²) in [6.45, 7) is 5.10. The lowest BCUT2D eigenvalue weighted by molar-refractivity contribution is -0.161. The topological polar surface area (TPSA) is 88.0 Å². The first kappa shape index (κ1) is 15.9. The van der Waals surface area contributed by atoms with Crippen LogP contribution in [0, 0.1) is 5.41 Å². The maximum absolute atomic E-state index is 11.6. The molecule has 0 heterocycles. The second kappa shape index (κ2) is 8.98.